The van der Waals surface area contributed by atoms with Crippen LogP contribution < -0.4 is 5.32 Å². The number of hydrogen-bond donors (Lipinski definition) is 2. The first-order valence-electron chi connectivity index (χ1n) is 7.39. The lowest BCUT2D eigenvalue weighted by atomic mass is 10.1. The fourth-order valence-electron chi connectivity index (χ4n) is 2.58. The Balaban J connectivity index is 1.56. The normalized spacial score (nSPS) is 10.9. The molecule has 2 N–H and O–H groups in total. The molecule has 0 saturated heterocycles. The molecular weight excluding hydrogens is 298 g/mol. The third kappa shape index (κ3) is 3.56. The van der Waals surface area contributed by atoms with Crippen LogP contribution in [0.25, 0.3) is 10.9 Å². The highest BCUT2D eigenvalue weighted by molar-refractivity contribution is 5.83. The van der Waals surface area contributed by atoms with E-state index in [0.717, 1.165) is 16.5 Å². The van der Waals surface area contributed by atoms with Crippen molar-refractivity contribution in [1.29, 1.82) is 0 Å². The van der Waals surface area contributed by atoms with E-state index in [2.05, 4.69) is 10.3 Å². The van der Waals surface area contributed by atoms with Gasteiger partial charge in [-0.25, -0.2) is 8.78 Å². The van der Waals surface area contributed by atoms with E-state index in [1.165, 1.54) is 18.2 Å². The lowest BCUT2D eigenvalue weighted by Gasteiger charge is -2.06. The Morgan fingerprint density at radius 1 is 1.09 bits per heavy atom. The minimum atomic E-state index is -0.374. The van der Waals surface area contributed by atoms with Gasteiger partial charge in [-0.15, -0.1) is 0 Å². The second-order valence-electron chi connectivity index (χ2n) is 5.37. The summed E-state index contributed by atoms with van der Waals surface area (Å²) in [6.07, 6.45) is 2.45. The van der Waals surface area contributed by atoms with Crippen molar-refractivity contribution in [3.8, 4) is 0 Å². The van der Waals surface area contributed by atoms with Crippen LogP contribution in [-0.4, -0.2) is 17.4 Å². The number of carbonyl (C=O) groups is 1. The molecule has 1 aromatic heterocycles. The second kappa shape index (κ2) is 6.60. The Bertz CT molecular complexity index is 842. The van der Waals surface area contributed by atoms with Crippen LogP contribution in [0, 0.1) is 11.6 Å². The van der Waals surface area contributed by atoms with E-state index < -0.39 is 0 Å². The molecule has 0 saturated carbocycles. The Kier molecular flexibility index (Phi) is 4.37. The molecule has 3 nitrogen and oxygen atoms in total. The van der Waals surface area contributed by atoms with Gasteiger partial charge < -0.3 is 10.3 Å². The SMILES string of the molecule is O=C(Cc1ccccc1F)NCCc1c[nH]c2cc(F)ccc12. The number of hydrogen-bond acceptors (Lipinski definition) is 1. The van der Waals surface area contributed by atoms with Gasteiger partial charge in [0.1, 0.15) is 11.6 Å². The molecule has 0 fully saturated rings. The Morgan fingerprint density at radius 3 is 2.74 bits per heavy atom. The van der Waals surface area contributed by atoms with E-state index in [9.17, 15) is 13.6 Å². The second-order valence-corrected chi connectivity index (χ2v) is 5.37. The topological polar surface area (TPSA) is 44.9 Å². The van der Waals surface area contributed by atoms with Crippen LogP contribution >= 0.6 is 0 Å². The van der Waals surface area contributed by atoms with Crippen LogP contribution in [-0.2, 0) is 17.6 Å². The van der Waals surface area contributed by atoms with Gasteiger partial charge in [-0.05, 0) is 41.8 Å². The first-order chi connectivity index (χ1) is 11.1. The van der Waals surface area contributed by atoms with Crippen molar-refractivity contribution in [2.75, 3.05) is 6.54 Å². The van der Waals surface area contributed by atoms with Gasteiger partial charge in [0.05, 0.1) is 6.42 Å². The van der Waals surface area contributed by atoms with Gasteiger partial charge in [0.25, 0.3) is 0 Å². The molecule has 0 radical (unpaired) electrons. The van der Waals surface area contributed by atoms with E-state index >= 15 is 0 Å². The summed E-state index contributed by atoms with van der Waals surface area (Å²) in [5.74, 6) is -0.883. The average Bonchev–Trinajstić information content (AvgIpc) is 2.92. The number of aromatic amines is 1. The van der Waals surface area contributed by atoms with Crippen LogP contribution in [0.15, 0.2) is 48.7 Å². The van der Waals surface area contributed by atoms with Gasteiger partial charge in [-0.3, -0.25) is 4.79 Å². The quantitative estimate of drug-likeness (QED) is 0.745. The van der Waals surface area contributed by atoms with Crippen LogP contribution in [0.4, 0.5) is 8.78 Å². The molecule has 3 rings (SSSR count). The van der Waals surface area contributed by atoms with E-state index in [-0.39, 0.29) is 24.0 Å². The Hall–Kier alpha value is -2.69. The predicted octanol–water partition coefficient (Wildman–Crippen LogP) is 3.35. The van der Waals surface area contributed by atoms with Crippen molar-refractivity contribution >= 4 is 16.8 Å². The number of amides is 1. The minimum Gasteiger partial charge on any atom is -0.361 e. The monoisotopic (exact) mass is 314 g/mol. The van der Waals surface area contributed by atoms with E-state index in [0.29, 0.717) is 18.5 Å². The maximum Gasteiger partial charge on any atom is 0.224 e. The third-order valence-electron chi connectivity index (χ3n) is 3.75. The summed E-state index contributed by atoms with van der Waals surface area (Å²) in [6, 6.07) is 10.8. The van der Waals surface area contributed by atoms with Gasteiger partial charge in [-0.2, -0.15) is 0 Å². The zero-order valence-electron chi connectivity index (χ0n) is 12.4. The summed E-state index contributed by atoms with van der Waals surface area (Å²) in [5.41, 5.74) is 2.12. The molecule has 0 unspecified atom stereocenters. The molecule has 0 bridgehead atoms. The largest absolute Gasteiger partial charge is 0.361 e. The van der Waals surface area contributed by atoms with Crippen molar-refractivity contribution in [1.82, 2.24) is 10.3 Å². The van der Waals surface area contributed by atoms with Crippen molar-refractivity contribution < 1.29 is 13.6 Å². The average molecular weight is 314 g/mol. The summed E-state index contributed by atoms with van der Waals surface area (Å²) in [6.45, 7) is 0.442. The smallest absolute Gasteiger partial charge is 0.224 e. The molecule has 3 aromatic rings. The zero-order valence-corrected chi connectivity index (χ0v) is 12.4. The van der Waals surface area contributed by atoms with Crippen molar-refractivity contribution in [2.24, 2.45) is 0 Å². The number of nitrogens with one attached hydrogen (secondary N) is 2. The Morgan fingerprint density at radius 2 is 1.91 bits per heavy atom. The van der Waals surface area contributed by atoms with Crippen molar-refractivity contribution in [3.63, 3.8) is 0 Å². The molecule has 1 heterocycles. The van der Waals surface area contributed by atoms with Gasteiger partial charge in [-0.1, -0.05) is 18.2 Å². The molecule has 0 aliphatic heterocycles. The van der Waals surface area contributed by atoms with Gasteiger partial charge in [0.2, 0.25) is 5.91 Å². The molecular formula is C18H16F2N2O. The summed E-state index contributed by atoms with van der Waals surface area (Å²) >= 11 is 0. The fourth-order valence-corrected chi connectivity index (χ4v) is 2.58. The maximum atomic E-state index is 13.5. The van der Waals surface area contributed by atoms with Crippen LogP contribution in [0.3, 0.4) is 0 Å². The van der Waals surface area contributed by atoms with Gasteiger partial charge in [0, 0.05) is 23.6 Å². The molecule has 0 spiro atoms. The molecule has 23 heavy (non-hydrogen) atoms. The number of aromatic nitrogens is 1. The number of fused-ring (bicyclic) bond motifs is 1. The zero-order chi connectivity index (χ0) is 16.2. The summed E-state index contributed by atoms with van der Waals surface area (Å²) in [4.78, 5) is 14.9. The van der Waals surface area contributed by atoms with Gasteiger partial charge in [0.15, 0.2) is 0 Å². The number of halogens is 2. The summed E-state index contributed by atoms with van der Waals surface area (Å²) in [5, 5.41) is 3.72. The molecule has 1 amide bonds. The molecule has 2 aromatic carbocycles. The highest BCUT2D eigenvalue weighted by atomic mass is 19.1. The van der Waals surface area contributed by atoms with E-state index in [4.69, 9.17) is 0 Å². The first kappa shape index (κ1) is 15.2. The molecule has 0 aliphatic carbocycles. The standard InChI is InChI=1S/C18H16F2N2O/c19-14-5-6-15-13(11-22-17(15)10-14)7-8-21-18(23)9-12-3-1-2-4-16(12)20/h1-6,10-11,22H,7-9H2,(H,21,23). The highest BCUT2D eigenvalue weighted by Crippen LogP contribution is 2.19. The lowest BCUT2D eigenvalue weighted by Crippen LogP contribution is -2.27. The van der Waals surface area contributed by atoms with E-state index in [1.54, 1.807) is 24.3 Å². The Labute approximate surface area is 132 Å². The number of H-pyrrole nitrogens is 1. The maximum absolute atomic E-state index is 13.5. The highest BCUT2D eigenvalue weighted by Gasteiger charge is 2.08. The van der Waals surface area contributed by atoms with Crippen molar-refractivity contribution in [2.45, 2.75) is 12.8 Å². The van der Waals surface area contributed by atoms with E-state index in [1.807, 2.05) is 6.20 Å². The summed E-state index contributed by atoms with van der Waals surface area (Å²) < 4.78 is 26.6. The minimum absolute atomic E-state index is 0.0196. The number of benzene rings is 2. The molecule has 5 heteroatoms. The van der Waals surface area contributed by atoms with Gasteiger partial charge >= 0.3 is 0 Å². The molecule has 118 valence electrons. The molecule has 0 aliphatic rings. The number of carbonyl (C=O) groups excluding carboxylic acids is 1. The summed E-state index contributed by atoms with van der Waals surface area (Å²) in [7, 11) is 0. The predicted molar refractivity (Wildman–Crippen MR) is 85.1 cm³/mol. The van der Waals surface area contributed by atoms with Crippen LogP contribution in [0.2, 0.25) is 0 Å². The lowest BCUT2D eigenvalue weighted by molar-refractivity contribution is -0.120. The van der Waals surface area contributed by atoms with Crippen LogP contribution in [0.5, 0.6) is 0 Å². The first-order valence-corrected chi connectivity index (χ1v) is 7.39. The third-order valence-corrected chi connectivity index (χ3v) is 3.75. The van der Waals surface area contributed by atoms with Crippen LogP contribution in [0.1, 0.15) is 11.1 Å². The molecule has 0 atom stereocenters. The number of rotatable bonds is 5. The fraction of sp³-hybridized carbons (Fsp3) is 0.167. The van der Waals surface area contributed by atoms with Crippen molar-refractivity contribution in [3.05, 3.63) is 71.4 Å².